The van der Waals surface area contributed by atoms with Crippen LogP contribution in [0, 0.1) is 6.92 Å². The summed E-state index contributed by atoms with van der Waals surface area (Å²) in [6, 6.07) is 7.35. The van der Waals surface area contributed by atoms with Crippen molar-refractivity contribution in [2.45, 2.75) is 13.8 Å². The average molecular weight is 350 g/mol. The van der Waals surface area contributed by atoms with Gasteiger partial charge in [0.2, 0.25) is 0 Å². The predicted octanol–water partition coefficient (Wildman–Crippen LogP) is 4.00. The number of halogens is 1. The molecule has 0 atom stereocenters. The first-order chi connectivity index (χ1) is 10.1. The molecule has 0 fully saturated rings. The highest BCUT2D eigenvalue weighted by molar-refractivity contribution is 9.10. The molecule has 4 nitrogen and oxygen atoms in total. The summed E-state index contributed by atoms with van der Waals surface area (Å²) in [7, 11) is 1.60. The van der Waals surface area contributed by atoms with Crippen LogP contribution in [0.5, 0.6) is 5.75 Å². The monoisotopic (exact) mass is 349 g/mol. The second kappa shape index (κ2) is 6.72. The minimum atomic E-state index is -0.368. The maximum absolute atomic E-state index is 12.2. The molecule has 0 radical (unpaired) electrons. The number of carbonyl (C=O) groups is 1. The average Bonchev–Trinajstić information content (AvgIpc) is 2.47. The van der Waals surface area contributed by atoms with Crippen molar-refractivity contribution in [2.24, 2.45) is 0 Å². The SMILES string of the molecule is CCOC(=O)c1c(C)ccnc1-c1cc(OC)ccc1Br. The van der Waals surface area contributed by atoms with E-state index in [1.807, 2.05) is 25.1 Å². The fourth-order valence-electron chi connectivity index (χ4n) is 2.04. The van der Waals surface area contributed by atoms with Crippen molar-refractivity contribution >= 4 is 21.9 Å². The molecule has 1 heterocycles. The van der Waals surface area contributed by atoms with Gasteiger partial charge in [-0.3, -0.25) is 4.98 Å². The molecule has 0 spiro atoms. The Morgan fingerprint density at radius 1 is 1.33 bits per heavy atom. The number of aryl methyl sites for hydroxylation is 1. The molecule has 1 aromatic carbocycles. The van der Waals surface area contributed by atoms with Gasteiger partial charge in [0.15, 0.2) is 0 Å². The lowest BCUT2D eigenvalue weighted by Gasteiger charge is -2.13. The molecule has 0 bridgehead atoms. The van der Waals surface area contributed by atoms with Crippen molar-refractivity contribution in [3.05, 3.63) is 46.1 Å². The molecule has 0 aliphatic rings. The van der Waals surface area contributed by atoms with Gasteiger partial charge in [0.1, 0.15) is 5.75 Å². The van der Waals surface area contributed by atoms with E-state index >= 15 is 0 Å². The Morgan fingerprint density at radius 3 is 2.76 bits per heavy atom. The molecular formula is C16H16BrNO3. The van der Waals surface area contributed by atoms with Crippen LogP contribution in [0.25, 0.3) is 11.3 Å². The molecular weight excluding hydrogens is 334 g/mol. The van der Waals surface area contributed by atoms with Crippen molar-refractivity contribution in [1.29, 1.82) is 0 Å². The number of carbonyl (C=O) groups excluding carboxylic acids is 1. The standard InChI is InChI=1S/C16H16BrNO3/c1-4-21-16(19)14-10(2)7-8-18-15(14)12-9-11(20-3)5-6-13(12)17/h5-9H,4H2,1-3H3. The van der Waals surface area contributed by atoms with Crippen molar-refractivity contribution in [1.82, 2.24) is 4.98 Å². The van der Waals surface area contributed by atoms with E-state index in [2.05, 4.69) is 20.9 Å². The van der Waals surface area contributed by atoms with Crippen LogP contribution in [0.3, 0.4) is 0 Å². The molecule has 0 unspecified atom stereocenters. The van der Waals surface area contributed by atoms with E-state index < -0.39 is 0 Å². The lowest BCUT2D eigenvalue weighted by Crippen LogP contribution is -2.10. The molecule has 2 rings (SSSR count). The first-order valence-electron chi connectivity index (χ1n) is 6.55. The maximum atomic E-state index is 12.2. The van der Waals surface area contributed by atoms with Crippen LogP contribution in [-0.2, 0) is 4.74 Å². The first-order valence-corrected chi connectivity index (χ1v) is 7.34. The normalized spacial score (nSPS) is 10.3. The topological polar surface area (TPSA) is 48.4 Å². The quantitative estimate of drug-likeness (QED) is 0.782. The number of hydrogen-bond donors (Lipinski definition) is 0. The van der Waals surface area contributed by atoms with Gasteiger partial charge in [-0.05, 0) is 43.7 Å². The summed E-state index contributed by atoms with van der Waals surface area (Å²) in [6.45, 7) is 3.97. The largest absolute Gasteiger partial charge is 0.497 e. The van der Waals surface area contributed by atoms with Crippen LogP contribution in [0.2, 0.25) is 0 Å². The van der Waals surface area contributed by atoms with Crippen LogP contribution < -0.4 is 4.74 Å². The van der Waals surface area contributed by atoms with Gasteiger partial charge < -0.3 is 9.47 Å². The van der Waals surface area contributed by atoms with Gasteiger partial charge in [-0.1, -0.05) is 15.9 Å². The van der Waals surface area contributed by atoms with Crippen molar-refractivity contribution in [2.75, 3.05) is 13.7 Å². The zero-order valence-electron chi connectivity index (χ0n) is 12.1. The third-order valence-electron chi connectivity index (χ3n) is 3.07. The Morgan fingerprint density at radius 2 is 2.10 bits per heavy atom. The van der Waals surface area contributed by atoms with Gasteiger partial charge >= 0.3 is 5.97 Å². The second-order valence-corrected chi connectivity index (χ2v) is 5.27. The molecule has 0 amide bonds. The van der Waals surface area contributed by atoms with Crippen molar-refractivity contribution in [3.8, 4) is 17.0 Å². The third kappa shape index (κ3) is 3.24. The second-order valence-electron chi connectivity index (χ2n) is 4.42. The number of pyridine rings is 1. The first kappa shape index (κ1) is 15.5. The zero-order valence-corrected chi connectivity index (χ0v) is 13.7. The van der Waals surface area contributed by atoms with Crippen molar-refractivity contribution < 1.29 is 14.3 Å². The molecule has 110 valence electrons. The Balaban J connectivity index is 2.64. The molecule has 5 heteroatoms. The smallest absolute Gasteiger partial charge is 0.340 e. The fourth-order valence-corrected chi connectivity index (χ4v) is 2.47. The molecule has 21 heavy (non-hydrogen) atoms. The van der Waals surface area contributed by atoms with Crippen LogP contribution in [0.1, 0.15) is 22.8 Å². The molecule has 0 saturated heterocycles. The van der Waals surface area contributed by atoms with E-state index in [0.717, 1.165) is 15.6 Å². The van der Waals surface area contributed by atoms with Crippen LogP contribution >= 0.6 is 15.9 Å². The van der Waals surface area contributed by atoms with E-state index in [1.165, 1.54) is 0 Å². The molecule has 0 aliphatic carbocycles. The number of rotatable bonds is 4. The third-order valence-corrected chi connectivity index (χ3v) is 3.76. The number of benzene rings is 1. The van der Waals surface area contributed by atoms with E-state index in [4.69, 9.17) is 9.47 Å². The summed E-state index contributed by atoms with van der Waals surface area (Å²) >= 11 is 3.50. The fraction of sp³-hybridized carbons (Fsp3) is 0.250. The van der Waals surface area contributed by atoms with Gasteiger partial charge in [0.25, 0.3) is 0 Å². The summed E-state index contributed by atoms with van der Waals surface area (Å²) < 4.78 is 11.2. The van der Waals surface area contributed by atoms with Crippen LogP contribution in [0.15, 0.2) is 34.9 Å². The molecule has 0 saturated carbocycles. The minimum absolute atomic E-state index is 0.325. The number of esters is 1. The molecule has 0 N–H and O–H groups in total. The Kier molecular flexibility index (Phi) is 4.96. The Hall–Kier alpha value is -1.88. The Labute approximate surface area is 132 Å². The van der Waals surface area contributed by atoms with E-state index in [-0.39, 0.29) is 5.97 Å². The van der Waals surface area contributed by atoms with Gasteiger partial charge in [-0.15, -0.1) is 0 Å². The summed E-state index contributed by atoms with van der Waals surface area (Å²) in [5.74, 6) is 0.333. The van der Waals surface area contributed by atoms with Gasteiger partial charge in [0.05, 0.1) is 25.0 Å². The van der Waals surface area contributed by atoms with Gasteiger partial charge in [-0.2, -0.15) is 0 Å². The van der Waals surface area contributed by atoms with Crippen molar-refractivity contribution in [3.63, 3.8) is 0 Å². The maximum Gasteiger partial charge on any atom is 0.340 e. The number of nitrogens with zero attached hydrogens (tertiary/aromatic N) is 1. The van der Waals surface area contributed by atoms with E-state index in [1.54, 1.807) is 26.3 Å². The lowest BCUT2D eigenvalue weighted by molar-refractivity contribution is 0.0526. The van der Waals surface area contributed by atoms with E-state index in [9.17, 15) is 4.79 Å². The molecule has 2 aromatic rings. The highest BCUT2D eigenvalue weighted by Gasteiger charge is 2.20. The predicted molar refractivity (Wildman–Crippen MR) is 84.6 cm³/mol. The van der Waals surface area contributed by atoms with Gasteiger partial charge in [-0.25, -0.2) is 4.79 Å². The summed E-state index contributed by atoms with van der Waals surface area (Å²) in [5.41, 5.74) is 2.68. The summed E-state index contributed by atoms with van der Waals surface area (Å²) in [6.07, 6.45) is 1.68. The number of ether oxygens (including phenoxy) is 2. The molecule has 1 aromatic heterocycles. The van der Waals surface area contributed by atoms with Crippen LogP contribution in [0.4, 0.5) is 0 Å². The lowest BCUT2D eigenvalue weighted by atomic mass is 10.0. The zero-order chi connectivity index (χ0) is 15.4. The number of aromatic nitrogens is 1. The minimum Gasteiger partial charge on any atom is -0.497 e. The number of hydrogen-bond acceptors (Lipinski definition) is 4. The highest BCUT2D eigenvalue weighted by Crippen LogP contribution is 2.33. The summed E-state index contributed by atoms with van der Waals surface area (Å²) in [5, 5.41) is 0. The van der Waals surface area contributed by atoms with E-state index in [0.29, 0.717) is 23.6 Å². The van der Waals surface area contributed by atoms with Crippen LogP contribution in [-0.4, -0.2) is 24.7 Å². The summed E-state index contributed by atoms with van der Waals surface area (Å²) in [4.78, 5) is 16.6. The van der Waals surface area contributed by atoms with Gasteiger partial charge in [0, 0.05) is 16.2 Å². The number of methoxy groups -OCH3 is 1. The highest BCUT2D eigenvalue weighted by atomic mass is 79.9. The molecule has 0 aliphatic heterocycles. The Bertz CT molecular complexity index is 671.